The molecule has 3 N–H and O–H groups in total. The van der Waals surface area contributed by atoms with E-state index in [0.717, 1.165) is 77.0 Å². The minimum Gasteiger partial charge on any atom is -0.466 e. The molecule has 0 aliphatic heterocycles. The standard InChI is InChI=1S/C62H119NO5/c1-3-5-7-9-11-13-15-17-19-21-22-23-24-25-26-27-28-30-34-38-42-46-50-54-60(65)59(58-64)63-61(66)55-51-47-43-39-35-32-33-37-41-45-49-53-57-68-62(67)56-52-48-44-40-36-31-29-20-18-16-14-12-10-8-6-4-2/h33,37,50,54,59-60,64-65H,3-32,34-36,38-49,51-53,55-58H2,1-2H3,(H,63,66)/b37-33-,54-50+. The van der Waals surface area contributed by atoms with Crippen molar-refractivity contribution in [2.45, 2.75) is 347 Å². The number of rotatable bonds is 57. The summed E-state index contributed by atoms with van der Waals surface area (Å²) < 4.78 is 5.46. The lowest BCUT2D eigenvalue weighted by Gasteiger charge is -2.20. The third-order valence-electron chi connectivity index (χ3n) is 14.2. The second-order valence-corrected chi connectivity index (χ2v) is 21.0. The minimum atomic E-state index is -0.861. The van der Waals surface area contributed by atoms with Crippen molar-refractivity contribution in [3.63, 3.8) is 0 Å². The largest absolute Gasteiger partial charge is 0.466 e. The van der Waals surface area contributed by atoms with E-state index >= 15 is 0 Å². The summed E-state index contributed by atoms with van der Waals surface area (Å²) >= 11 is 0. The van der Waals surface area contributed by atoms with Gasteiger partial charge < -0.3 is 20.3 Å². The van der Waals surface area contributed by atoms with E-state index in [1.54, 1.807) is 6.08 Å². The maximum Gasteiger partial charge on any atom is 0.305 e. The molecule has 0 aromatic carbocycles. The summed E-state index contributed by atoms with van der Waals surface area (Å²) in [6.45, 7) is 4.87. The molecule has 402 valence electrons. The second kappa shape index (κ2) is 57.9. The fourth-order valence-electron chi connectivity index (χ4n) is 9.51. The van der Waals surface area contributed by atoms with Gasteiger partial charge in [0.1, 0.15) is 0 Å². The second-order valence-electron chi connectivity index (χ2n) is 21.0. The monoisotopic (exact) mass is 958 g/mol. The van der Waals surface area contributed by atoms with Gasteiger partial charge in [0.05, 0.1) is 25.4 Å². The highest BCUT2D eigenvalue weighted by atomic mass is 16.5. The van der Waals surface area contributed by atoms with Gasteiger partial charge in [-0.05, 0) is 64.2 Å². The summed E-state index contributed by atoms with van der Waals surface area (Å²) in [6.07, 6.45) is 70.7. The van der Waals surface area contributed by atoms with Gasteiger partial charge in [0.2, 0.25) is 5.91 Å². The molecular formula is C62H119NO5. The van der Waals surface area contributed by atoms with Crippen LogP contribution in [0.3, 0.4) is 0 Å². The van der Waals surface area contributed by atoms with Crippen molar-refractivity contribution in [2.75, 3.05) is 13.2 Å². The Balaban J connectivity index is 3.51. The number of hydrogen-bond donors (Lipinski definition) is 3. The van der Waals surface area contributed by atoms with Crippen molar-refractivity contribution in [1.29, 1.82) is 0 Å². The van der Waals surface area contributed by atoms with Gasteiger partial charge in [-0.15, -0.1) is 0 Å². The predicted octanol–water partition coefficient (Wildman–Crippen LogP) is 19.0. The molecule has 0 aliphatic carbocycles. The summed E-state index contributed by atoms with van der Waals surface area (Å²) in [4.78, 5) is 24.6. The average Bonchev–Trinajstić information content (AvgIpc) is 3.34. The lowest BCUT2D eigenvalue weighted by atomic mass is 10.0. The number of aliphatic hydroxyl groups excluding tert-OH is 2. The number of ether oxygens (including phenoxy) is 1. The highest BCUT2D eigenvalue weighted by Crippen LogP contribution is 2.17. The average molecular weight is 959 g/mol. The normalized spacial score (nSPS) is 12.7. The molecule has 0 heterocycles. The summed E-state index contributed by atoms with van der Waals surface area (Å²) in [5.74, 6) is -0.110. The first-order chi connectivity index (χ1) is 33.5. The molecule has 2 atom stereocenters. The van der Waals surface area contributed by atoms with Crippen molar-refractivity contribution in [3.05, 3.63) is 24.3 Å². The van der Waals surface area contributed by atoms with Crippen molar-refractivity contribution >= 4 is 11.9 Å². The van der Waals surface area contributed by atoms with Crippen LogP contribution in [0.1, 0.15) is 335 Å². The first kappa shape index (κ1) is 66.3. The van der Waals surface area contributed by atoms with E-state index in [-0.39, 0.29) is 18.5 Å². The molecule has 0 saturated heterocycles. The lowest BCUT2D eigenvalue weighted by Crippen LogP contribution is -2.45. The Hall–Kier alpha value is -1.66. The Morgan fingerprint density at radius 3 is 1.04 bits per heavy atom. The Labute approximate surface area is 424 Å². The first-order valence-corrected chi connectivity index (χ1v) is 30.6. The minimum absolute atomic E-state index is 0.0202. The van der Waals surface area contributed by atoms with E-state index in [1.165, 1.54) is 231 Å². The summed E-state index contributed by atoms with van der Waals surface area (Å²) in [7, 11) is 0. The SMILES string of the molecule is CCCCCCCCCCCCCCCCCCCCCCC/C=C/C(O)C(CO)NC(=O)CCCCCCC/C=C\CCCCCOC(=O)CCCCCCCCCCCCCCCCCC. The van der Waals surface area contributed by atoms with Gasteiger partial charge >= 0.3 is 5.97 Å². The number of carbonyl (C=O) groups excluding carboxylic acids is 2. The van der Waals surface area contributed by atoms with Crippen LogP contribution in [-0.2, 0) is 14.3 Å². The molecule has 0 saturated carbocycles. The zero-order valence-electron chi connectivity index (χ0n) is 45.9. The molecular weight excluding hydrogens is 839 g/mol. The van der Waals surface area contributed by atoms with E-state index in [0.29, 0.717) is 19.4 Å². The number of aliphatic hydroxyl groups is 2. The Morgan fingerprint density at radius 2 is 0.691 bits per heavy atom. The van der Waals surface area contributed by atoms with Gasteiger partial charge in [0, 0.05) is 12.8 Å². The quantitative estimate of drug-likeness (QED) is 0.0321. The number of hydrogen-bond acceptors (Lipinski definition) is 5. The Morgan fingerprint density at radius 1 is 0.397 bits per heavy atom. The van der Waals surface area contributed by atoms with Crippen LogP contribution in [0.2, 0.25) is 0 Å². The van der Waals surface area contributed by atoms with Crippen LogP contribution in [0.4, 0.5) is 0 Å². The van der Waals surface area contributed by atoms with Crippen LogP contribution in [0, 0.1) is 0 Å². The number of unbranched alkanes of at least 4 members (excludes halogenated alkanes) is 44. The Bertz CT molecular complexity index is 1060. The molecule has 6 heteroatoms. The number of amides is 1. The van der Waals surface area contributed by atoms with Crippen LogP contribution in [0.15, 0.2) is 24.3 Å². The molecule has 0 rings (SSSR count). The van der Waals surface area contributed by atoms with Crippen molar-refractivity contribution in [1.82, 2.24) is 5.32 Å². The van der Waals surface area contributed by atoms with Gasteiger partial charge in [-0.3, -0.25) is 9.59 Å². The van der Waals surface area contributed by atoms with Crippen molar-refractivity contribution < 1.29 is 24.5 Å². The van der Waals surface area contributed by atoms with E-state index in [2.05, 4.69) is 31.3 Å². The fourth-order valence-corrected chi connectivity index (χ4v) is 9.51. The van der Waals surface area contributed by atoms with Gasteiger partial charge in [-0.25, -0.2) is 0 Å². The molecule has 0 fully saturated rings. The van der Waals surface area contributed by atoms with Crippen LogP contribution in [0.25, 0.3) is 0 Å². The smallest absolute Gasteiger partial charge is 0.305 e. The molecule has 1 amide bonds. The van der Waals surface area contributed by atoms with E-state index in [9.17, 15) is 19.8 Å². The predicted molar refractivity (Wildman–Crippen MR) is 296 cm³/mol. The van der Waals surface area contributed by atoms with Gasteiger partial charge in [0.15, 0.2) is 0 Å². The molecule has 68 heavy (non-hydrogen) atoms. The molecule has 0 aromatic rings. The van der Waals surface area contributed by atoms with Crippen LogP contribution in [-0.4, -0.2) is 47.4 Å². The van der Waals surface area contributed by atoms with Gasteiger partial charge in [-0.2, -0.15) is 0 Å². The fraction of sp³-hybridized carbons (Fsp3) is 0.903. The Kier molecular flexibility index (Phi) is 56.5. The topological polar surface area (TPSA) is 95.9 Å². The summed E-state index contributed by atoms with van der Waals surface area (Å²) in [6, 6.07) is -0.647. The molecule has 0 aromatic heterocycles. The van der Waals surface area contributed by atoms with E-state index in [1.807, 2.05) is 6.08 Å². The third-order valence-corrected chi connectivity index (χ3v) is 14.2. The zero-order valence-corrected chi connectivity index (χ0v) is 45.9. The number of allylic oxidation sites excluding steroid dienone is 3. The lowest BCUT2D eigenvalue weighted by molar-refractivity contribution is -0.143. The summed E-state index contributed by atoms with van der Waals surface area (Å²) in [5.41, 5.74) is 0. The molecule has 0 aliphatic rings. The molecule has 0 bridgehead atoms. The number of carbonyl (C=O) groups is 2. The van der Waals surface area contributed by atoms with Gasteiger partial charge in [-0.1, -0.05) is 282 Å². The summed E-state index contributed by atoms with van der Waals surface area (Å²) in [5, 5.41) is 23.2. The maximum absolute atomic E-state index is 12.5. The zero-order chi connectivity index (χ0) is 49.3. The molecule has 2 unspecified atom stereocenters. The van der Waals surface area contributed by atoms with Crippen LogP contribution >= 0.6 is 0 Å². The number of nitrogens with one attached hydrogen (secondary N) is 1. The first-order valence-electron chi connectivity index (χ1n) is 30.6. The highest BCUT2D eigenvalue weighted by Gasteiger charge is 2.18. The third kappa shape index (κ3) is 53.7. The maximum atomic E-state index is 12.5. The van der Waals surface area contributed by atoms with E-state index in [4.69, 9.17) is 4.74 Å². The van der Waals surface area contributed by atoms with Crippen molar-refractivity contribution in [2.24, 2.45) is 0 Å². The number of esters is 1. The molecule has 6 nitrogen and oxygen atoms in total. The molecule has 0 spiro atoms. The molecule has 0 radical (unpaired) electrons. The van der Waals surface area contributed by atoms with Crippen molar-refractivity contribution in [3.8, 4) is 0 Å². The van der Waals surface area contributed by atoms with E-state index < -0.39 is 12.1 Å². The van der Waals surface area contributed by atoms with Gasteiger partial charge in [0.25, 0.3) is 0 Å². The van der Waals surface area contributed by atoms with Crippen LogP contribution in [0.5, 0.6) is 0 Å². The van der Waals surface area contributed by atoms with Crippen LogP contribution < -0.4 is 5.32 Å². The highest BCUT2D eigenvalue weighted by molar-refractivity contribution is 5.76.